The van der Waals surface area contributed by atoms with Gasteiger partial charge in [0.25, 0.3) is 0 Å². The van der Waals surface area contributed by atoms with Crippen molar-refractivity contribution in [3.05, 3.63) is 66.8 Å². The molecule has 3 aromatic carbocycles. The van der Waals surface area contributed by atoms with Crippen LogP contribution in [0, 0.1) is 116 Å². The Morgan fingerprint density at radius 3 is 0.777 bits per heavy atom. The zero-order valence-electron chi connectivity index (χ0n) is 92.7. The molecule has 3 aromatic rings. The number of carbonyl (C=O) groups is 6. The average molecular weight is 1950 g/mol. The molecule has 6 rings (SSSR count). The van der Waals surface area contributed by atoms with Gasteiger partial charge < -0.3 is 71.8 Å². The molecule has 21 heteroatoms. The minimum atomic E-state index is -0.478. The molecule has 9 atom stereocenters. The lowest BCUT2D eigenvalue weighted by Gasteiger charge is -2.38. The molecule has 0 radical (unpaired) electrons. The minimum absolute atomic E-state index is 0.0309. The third-order valence-electron chi connectivity index (χ3n) is 29.6. The molecule has 798 valence electrons. The first-order valence-electron chi connectivity index (χ1n) is 55.1. The summed E-state index contributed by atoms with van der Waals surface area (Å²) in [7, 11) is 1.60. The zero-order valence-corrected chi connectivity index (χ0v) is 92.7. The Morgan fingerprint density at radius 2 is 0.504 bits per heavy atom. The molecule has 9 unspecified atom stereocenters. The van der Waals surface area contributed by atoms with Gasteiger partial charge in [0.15, 0.2) is 0 Å². The second-order valence-corrected chi connectivity index (χ2v) is 44.2. The van der Waals surface area contributed by atoms with Crippen molar-refractivity contribution >= 4 is 35.8 Å². The predicted octanol–water partition coefficient (Wildman–Crippen LogP) is 28.1. The molecule has 139 heavy (non-hydrogen) atoms. The van der Waals surface area contributed by atoms with E-state index in [-0.39, 0.29) is 107 Å². The summed E-state index contributed by atoms with van der Waals surface area (Å²) in [6.45, 7) is 56.1. The molecule has 0 bridgehead atoms. The van der Waals surface area contributed by atoms with E-state index in [1.54, 1.807) is 7.11 Å². The minimum Gasteiger partial charge on any atom is -0.487 e. The van der Waals surface area contributed by atoms with Gasteiger partial charge in [-0.25, -0.2) is 0 Å². The van der Waals surface area contributed by atoms with Gasteiger partial charge in [0.05, 0.1) is 85.1 Å². The van der Waals surface area contributed by atoms with E-state index < -0.39 is 23.9 Å². The Balaban J connectivity index is 0.000000436. The van der Waals surface area contributed by atoms with Gasteiger partial charge in [-0.05, 0) is 276 Å². The van der Waals surface area contributed by atoms with E-state index in [9.17, 15) is 28.8 Å². The molecule has 3 aliphatic heterocycles. The lowest BCUT2D eigenvalue weighted by Crippen LogP contribution is -2.37. The van der Waals surface area contributed by atoms with Crippen LogP contribution in [0.25, 0.3) is 0 Å². The maximum Gasteiger partial charge on any atom is 0.311 e. The molecule has 0 fully saturated rings. The quantitative estimate of drug-likeness (QED) is 0.0230. The highest BCUT2D eigenvalue weighted by Gasteiger charge is 2.39. The van der Waals surface area contributed by atoms with E-state index >= 15 is 0 Å². The number of carbonyl (C=O) groups excluding carboxylic acids is 6. The predicted molar refractivity (Wildman–Crippen MR) is 562 cm³/mol. The lowest BCUT2D eigenvalue weighted by molar-refractivity contribution is -0.148. The summed E-state index contributed by atoms with van der Waals surface area (Å²) < 4.78 is 73.6. The number of esters is 6. The van der Waals surface area contributed by atoms with Gasteiger partial charge in [-0.2, -0.15) is 0 Å². The Hall–Kier alpha value is -6.36. The Bertz CT molecular complexity index is 4010. The Morgan fingerprint density at radius 1 is 0.273 bits per heavy atom. The van der Waals surface area contributed by atoms with Crippen molar-refractivity contribution in [1.82, 2.24) is 0 Å². The number of benzene rings is 3. The molecule has 0 aliphatic carbocycles. The van der Waals surface area contributed by atoms with Crippen LogP contribution < -0.4 is 28.4 Å². The van der Waals surface area contributed by atoms with Crippen LogP contribution in [0.4, 0.5) is 0 Å². The van der Waals surface area contributed by atoms with Crippen molar-refractivity contribution in [2.24, 2.45) is 53.3 Å². The second-order valence-electron chi connectivity index (χ2n) is 44.2. The molecule has 3 aliphatic rings. The fourth-order valence-corrected chi connectivity index (χ4v) is 19.8. The van der Waals surface area contributed by atoms with E-state index in [1.165, 1.54) is 160 Å². The number of hydrogen-bond acceptors (Lipinski definition) is 21. The molecule has 0 saturated carbocycles. The van der Waals surface area contributed by atoms with Crippen LogP contribution >= 0.6 is 0 Å². The van der Waals surface area contributed by atoms with Crippen molar-refractivity contribution in [2.75, 3.05) is 86.4 Å². The van der Waals surface area contributed by atoms with Crippen LogP contribution in [0.3, 0.4) is 0 Å². The third-order valence-corrected chi connectivity index (χ3v) is 29.6. The maximum absolute atomic E-state index is 12.9. The SMILES string of the molecule is COCCOCCOC(=O)CCC(=O)Oc1c(C)c(C)c2c(c1C)CCC(C)(CCCC(C)CCCC(C)CCCC(C)C)O2.Cc1c(C)c2c(c(C)c1OC(=O)CCC(=O)OCCOCCO)CCC(C)(CCCC(C)CCCC(C)CCCC(C)C)O2.Cc1c(C)c2c(c(C)c1OC(=O)CCCCCCCCC(=O)OCCOCCO)CCC(C)(CCCC(C)CCCC(C)CCCC(C)C)O2. The smallest absolute Gasteiger partial charge is 0.311 e. The number of aliphatic hydroxyl groups excluding tert-OH is 2. The van der Waals surface area contributed by atoms with Crippen molar-refractivity contribution in [1.29, 1.82) is 0 Å². The first-order chi connectivity index (χ1) is 66.1. The van der Waals surface area contributed by atoms with Crippen LogP contribution in [0.5, 0.6) is 34.5 Å². The van der Waals surface area contributed by atoms with Crippen LogP contribution in [0.2, 0.25) is 0 Å². The number of unbranched alkanes of at least 4 members (excludes halogenated alkanes) is 5. The standard InChI is InChI=1S/C43H74O7.C38H64O7.C37H62O7/c1-32(2)18-15-19-33(3)20-16-21-34(4)22-17-26-43(8)27-25-38-37(7)41(35(5)36(6)42(38)50-43)49-40(46)24-14-12-10-9-11-13-23-39(45)48-31-30-47-29-28-44;1-27(2)13-10-14-28(3)15-11-16-29(4)17-12-21-38(8)22-20-33-32(7)36(30(5)31(6)37(33)45-38)44-35(40)19-18-34(39)43-26-25-42-24-23-41-9;1-26(2)12-9-13-27(3)14-10-15-28(4)16-11-20-37(8)21-19-32-31(7)35(29(5)30(6)36(32)44-37)43-34(40)18-17-33(39)42-25-24-41-23-22-38/h32-34,44H,9-31H2,1-8H3;27-29H,10-26H2,1-9H3;26-28,38H,9-25H2,1-8H3. The maximum atomic E-state index is 12.9. The molecule has 0 saturated heterocycles. The van der Waals surface area contributed by atoms with Crippen molar-refractivity contribution < 1.29 is 101 Å². The largest absolute Gasteiger partial charge is 0.487 e. The molecule has 3 heterocycles. The number of ether oxygens (including phenoxy) is 13. The second kappa shape index (κ2) is 68.9. The normalized spacial score (nSPS) is 17.3. The highest BCUT2D eigenvalue weighted by atomic mass is 16.6. The number of rotatable bonds is 70. The van der Waals surface area contributed by atoms with Crippen molar-refractivity contribution in [3.8, 4) is 34.5 Å². The highest BCUT2D eigenvalue weighted by Crippen LogP contribution is 2.49. The summed E-state index contributed by atoms with van der Waals surface area (Å²) in [6, 6.07) is 0. The Kier molecular flexibility index (Phi) is 61.9. The number of aliphatic hydroxyl groups is 2. The molecular formula is C118H200O21. The topological polar surface area (TPSA) is 263 Å². The van der Waals surface area contributed by atoms with E-state index in [4.69, 9.17) is 71.8 Å². The number of fused-ring (bicyclic) bond motifs is 3. The average Bonchev–Trinajstić information content (AvgIpc) is 0.767. The number of hydrogen-bond donors (Lipinski definition) is 2. The van der Waals surface area contributed by atoms with Gasteiger partial charge >= 0.3 is 35.8 Å². The first kappa shape index (κ1) is 125. The fourth-order valence-electron chi connectivity index (χ4n) is 19.8. The van der Waals surface area contributed by atoms with Crippen LogP contribution in [-0.2, 0) is 81.2 Å². The molecule has 0 spiro atoms. The molecule has 21 nitrogen and oxygen atoms in total. The highest BCUT2D eigenvalue weighted by molar-refractivity contribution is 5.81. The van der Waals surface area contributed by atoms with E-state index in [1.807, 2.05) is 41.5 Å². The summed E-state index contributed by atoms with van der Waals surface area (Å²) in [6.07, 6.45) is 46.6. The number of methoxy groups -OCH3 is 1. The Labute approximate surface area is 844 Å². The molecule has 2 N–H and O–H groups in total. The van der Waals surface area contributed by atoms with Crippen molar-refractivity contribution in [3.63, 3.8) is 0 Å². The first-order valence-corrected chi connectivity index (χ1v) is 55.1. The summed E-state index contributed by atoms with van der Waals surface area (Å²) in [4.78, 5) is 73.9. The van der Waals surface area contributed by atoms with E-state index in [0.29, 0.717) is 56.5 Å². The van der Waals surface area contributed by atoms with Crippen LogP contribution in [-0.4, -0.2) is 149 Å². The fraction of sp³-hybridized carbons (Fsp3) is 0.797. The molecule has 0 amide bonds. The van der Waals surface area contributed by atoms with Gasteiger partial charge in [-0.3, -0.25) is 28.8 Å². The van der Waals surface area contributed by atoms with Crippen LogP contribution in [0.1, 0.15) is 440 Å². The van der Waals surface area contributed by atoms with Gasteiger partial charge in [0.2, 0.25) is 0 Å². The van der Waals surface area contributed by atoms with Gasteiger partial charge in [0, 0.05) is 36.6 Å². The summed E-state index contributed by atoms with van der Waals surface area (Å²) >= 11 is 0. The van der Waals surface area contributed by atoms with Crippen molar-refractivity contribution in [2.45, 2.75) is 472 Å². The lowest BCUT2D eigenvalue weighted by atomic mass is 9.83. The summed E-state index contributed by atoms with van der Waals surface area (Å²) in [5, 5.41) is 17.4. The van der Waals surface area contributed by atoms with E-state index in [2.05, 4.69) is 125 Å². The van der Waals surface area contributed by atoms with Gasteiger partial charge in [-0.1, -0.05) is 244 Å². The van der Waals surface area contributed by atoms with Gasteiger partial charge in [-0.15, -0.1) is 0 Å². The summed E-state index contributed by atoms with van der Waals surface area (Å²) in [5.74, 6) is 9.84. The zero-order chi connectivity index (χ0) is 103. The third kappa shape index (κ3) is 49.9. The van der Waals surface area contributed by atoms with Gasteiger partial charge in [0.1, 0.15) is 71.1 Å². The van der Waals surface area contributed by atoms with E-state index in [0.717, 1.165) is 228 Å². The molecule has 0 aromatic heterocycles. The molecular weight excluding hydrogens is 1750 g/mol. The summed E-state index contributed by atoms with van der Waals surface area (Å²) in [5.41, 5.74) is 11.8. The van der Waals surface area contributed by atoms with Crippen LogP contribution in [0.15, 0.2) is 0 Å². The monoisotopic (exact) mass is 1950 g/mol.